The van der Waals surface area contributed by atoms with Crippen LogP contribution in [0.2, 0.25) is 0 Å². The van der Waals surface area contributed by atoms with Crippen molar-refractivity contribution in [2.45, 2.75) is 45.2 Å². The van der Waals surface area contributed by atoms with E-state index in [4.69, 9.17) is 19.6 Å². The molecule has 1 fully saturated rings. The van der Waals surface area contributed by atoms with E-state index < -0.39 is 12.1 Å². The average molecular weight is 516 g/mol. The third-order valence-corrected chi connectivity index (χ3v) is 6.29. The van der Waals surface area contributed by atoms with Crippen LogP contribution in [0.5, 0.6) is 0 Å². The number of aromatic nitrogens is 1. The lowest BCUT2D eigenvalue weighted by Gasteiger charge is -2.37. The summed E-state index contributed by atoms with van der Waals surface area (Å²) in [7, 11) is 0. The number of hydrogen-bond donors (Lipinski definition) is 1. The predicted molar refractivity (Wildman–Crippen MR) is 133 cm³/mol. The topological polar surface area (TPSA) is 83.0 Å². The fourth-order valence-electron chi connectivity index (χ4n) is 4.72. The number of ether oxygens (including phenoxy) is 1. The van der Waals surface area contributed by atoms with Gasteiger partial charge in [0.15, 0.2) is 0 Å². The number of carbonyl (C=O) groups excluding carboxylic acids is 1. The molecular formula is C27H28F3N3O4. The molecule has 2 aromatic carbocycles. The molecule has 1 amide bonds. The minimum Gasteiger partial charge on any atom is -0.475 e. The maximum Gasteiger partial charge on any atom is 0.490 e. The fraction of sp³-hybridized carbons (Fsp3) is 0.370. The molecule has 3 heterocycles. The number of hydrogen-bond acceptors (Lipinski definition) is 5. The summed E-state index contributed by atoms with van der Waals surface area (Å²) in [4.78, 5) is 31.2. The Balaban J connectivity index is 0.000000405. The summed E-state index contributed by atoms with van der Waals surface area (Å²) in [6.07, 6.45) is -4.00. The van der Waals surface area contributed by atoms with Gasteiger partial charge in [0, 0.05) is 43.7 Å². The van der Waals surface area contributed by atoms with Gasteiger partial charge in [0.1, 0.15) is 0 Å². The molecule has 2 unspecified atom stereocenters. The number of aliphatic carboxylic acids is 1. The van der Waals surface area contributed by atoms with Crippen molar-refractivity contribution in [3.63, 3.8) is 0 Å². The number of amides is 1. The number of para-hydroxylation sites is 1. The van der Waals surface area contributed by atoms with Crippen molar-refractivity contribution < 1.29 is 32.6 Å². The van der Waals surface area contributed by atoms with E-state index >= 15 is 0 Å². The predicted octanol–water partition coefficient (Wildman–Crippen LogP) is 4.68. The summed E-state index contributed by atoms with van der Waals surface area (Å²) < 4.78 is 37.6. The van der Waals surface area contributed by atoms with Crippen molar-refractivity contribution in [2.75, 3.05) is 24.5 Å². The number of benzene rings is 2. The highest BCUT2D eigenvalue weighted by atomic mass is 19.4. The maximum atomic E-state index is 13.3. The molecule has 196 valence electrons. The van der Waals surface area contributed by atoms with Crippen molar-refractivity contribution in [1.29, 1.82) is 0 Å². The van der Waals surface area contributed by atoms with Gasteiger partial charge in [-0.05, 0) is 37.6 Å². The minimum atomic E-state index is -5.08. The number of carboxylic acids is 1. The fourth-order valence-corrected chi connectivity index (χ4v) is 4.72. The molecule has 10 heteroatoms. The third kappa shape index (κ3) is 6.19. The Morgan fingerprint density at radius 2 is 1.73 bits per heavy atom. The van der Waals surface area contributed by atoms with Gasteiger partial charge in [-0.1, -0.05) is 36.4 Å². The molecule has 2 aliphatic rings. The first kappa shape index (κ1) is 26.4. The number of alkyl halides is 3. The highest BCUT2D eigenvalue weighted by Gasteiger charge is 2.38. The molecule has 1 aromatic heterocycles. The van der Waals surface area contributed by atoms with E-state index in [1.165, 1.54) is 0 Å². The third-order valence-electron chi connectivity index (χ3n) is 6.29. The lowest BCUT2D eigenvalue weighted by molar-refractivity contribution is -0.192. The summed E-state index contributed by atoms with van der Waals surface area (Å²) in [6.45, 7) is 7.16. The Labute approximate surface area is 212 Å². The zero-order valence-corrected chi connectivity index (χ0v) is 20.5. The summed E-state index contributed by atoms with van der Waals surface area (Å²) in [5, 5.41) is 8.27. The van der Waals surface area contributed by atoms with E-state index in [1.54, 1.807) is 0 Å². The smallest absolute Gasteiger partial charge is 0.475 e. The normalized spacial score (nSPS) is 19.4. The number of pyridine rings is 1. The summed E-state index contributed by atoms with van der Waals surface area (Å²) in [5.41, 5.74) is 5.06. The van der Waals surface area contributed by atoms with Crippen LogP contribution in [0.15, 0.2) is 54.6 Å². The number of carboxylic acid groups (broad SMARTS) is 1. The monoisotopic (exact) mass is 515 g/mol. The van der Waals surface area contributed by atoms with Crippen molar-refractivity contribution >= 4 is 28.5 Å². The van der Waals surface area contributed by atoms with Gasteiger partial charge in [-0.3, -0.25) is 9.78 Å². The van der Waals surface area contributed by atoms with E-state index in [0.717, 1.165) is 52.9 Å². The molecule has 0 radical (unpaired) electrons. The average Bonchev–Trinajstić information content (AvgIpc) is 3.17. The lowest BCUT2D eigenvalue weighted by Crippen LogP contribution is -2.46. The molecule has 7 nitrogen and oxygen atoms in total. The molecular weight excluding hydrogens is 487 g/mol. The van der Waals surface area contributed by atoms with Crippen molar-refractivity contribution in [3.05, 3.63) is 71.4 Å². The van der Waals surface area contributed by atoms with Gasteiger partial charge >= 0.3 is 12.1 Å². The Morgan fingerprint density at radius 3 is 2.41 bits per heavy atom. The zero-order chi connectivity index (χ0) is 26.7. The Morgan fingerprint density at radius 1 is 1.05 bits per heavy atom. The van der Waals surface area contributed by atoms with Crippen LogP contribution in [0, 0.1) is 0 Å². The molecule has 0 saturated carbocycles. The lowest BCUT2D eigenvalue weighted by atomic mass is 10.1. The molecule has 37 heavy (non-hydrogen) atoms. The van der Waals surface area contributed by atoms with Crippen LogP contribution in [0.1, 0.15) is 35.5 Å². The van der Waals surface area contributed by atoms with Crippen molar-refractivity contribution in [3.8, 4) is 0 Å². The van der Waals surface area contributed by atoms with Crippen LogP contribution in [0.25, 0.3) is 10.9 Å². The molecule has 2 atom stereocenters. The van der Waals surface area contributed by atoms with Crippen LogP contribution < -0.4 is 4.90 Å². The van der Waals surface area contributed by atoms with E-state index in [0.29, 0.717) is 13.1 Å². The van der Waals surface area contributed by atoms with Gasteiger partial charge < -0.3 is 19.6 Å². The van der Waals surface area contributed by atoms with Gasteiger partial charge in [-0.2, -0.15) is 13.2 Å². The summed E-state index contributed by atoms with van der Waals surface area (Å²) in [5.74, 6) is -2.62. The number of fused-ring (bicyclic) bond motifs is 2. The zero-order valence-electron chi connectivity index (χ0n) is 20.5. The maximum absolute atomic E-state index is 13.3. The number of halogens is 3. The Hall–Kier alpha value is -3.66. The second-order valence-corrected chi connectivity index (χ2v) is 9.25. The van der Waals surface area contributed by atoms with Gasteiger partial charge in [0.05, 0.1) is 29.0 Å². The van der Waals surface area contributed by atoms with Gasteiger partial charge in [-0.25, -0.2) is 4.79 Å². The SMILES string of the molecule is CC1CN(c2cccc3c2C(=O)N(CCc2ccc4ccccc4n2)C3)CC(C)O1.O=C(O)C(F)(F)F. The largest absolute Gasteiger partial charge is 0.490 e. The highest BCUT2D eigenvalue weighted by Crippen LogP contribution is 2.33. The Kier molecular flexibility index (Phi) is 7.68. The number of rotatable bonds is 4. The molecule has 1 N–H and O–H groups in total. The molecule has 5 rings (SSSR count). The molecule has 2 aliphatic heterocycles. The van der Waals surface area contributed by atoms with E-state index in [2.05, 4.69) is 55.1 Å². The molecule has 0 bridgehead atoms. The van der Waals surface area contributed by atoms with Crippen LogP contribution in [-0.2, 0) is 22.5 Å². The van der Waals surface area contributed by atoms with Crippen molar-refractivity contribution in [1.82, 2.24) is 9.88 Å². The molecule has 3 aromatic rings. The first-order chi connectivity index (χ1) is 17.5. The number of nitrogens with zero attached hydrogens (tertiary/aromatic N) is 3. The summed E-state index contributed by atoms with van der Waals surface area (Å²) in [6, 6.07) is 18.5. The second kappa shape index (κ2) is 10.8. The van der Waals surface area contributed by atoms with Crippen LogP contribution in [0.4, 0.5) is 18.9 Å². The number of morpholine rings is 1. The first-order valence-corrected chi connectivity index (χ1v) is 12.0. The second-order valence-electron chi connectivity index (χ2n) is 9.25. The van der Waals surface area contributed by atoms with E-state index in [-0.39, 0.29) is 18.1 Å². The summed E-state index contributed by atoms with van der Waals surface area (Å²) >= 11 is 0. The quantitative estimate of drug-likeness (QED) is 0.544. The van der Waals surface area contributed by atoms with Crippen molar-refractivity contribution in [2.24, 2.45) is 0 Å². The van der Waals surface area contributed by atoms with Crippen LogP contribution in [0.3, 0.4) is 0 Å². The van der Waals surface area contributed by atoms with Gasteiger partial charge in [0.25, 0.3) is 5.91 Å². The van der Waals surface area contributed by atoms with Gasteiger partial charge in [-0.15, -0.1) is 0 Å². The molecule has 0 aliphatic carbocycles. The molecule has 0 spiro atoms. The first-order valence-electron chi connectivity index (χ1n) is 12.0. The van der Waals surface area contributed by atoms with Crippen LogP contribution in [-0.4, -0.2) is 64.9 Å². The van der Waals surface area contributed by atoms with Crippen LogP contribution >= 0.6 is 0 Å². The minimum absolute atomic E-state index is 0.133. The number of carbonyl (C=O) groups is 2. The number of anilines is 1. The van der Waals surface area contributed by atoms with E-state index in [9.17, 15) is 18.0 Å². The van der Waals surface area contributed by atoms with Gasteiger partial charge in [0.2, 0.25) is 0 Å². The highest BCUT2D eigenvalue weighted by molar-refractivity contribution is 6.03. The molecule has 1 saturated heterocycles. The standard InChI is InChI=1S/C25H27N3O2.C2HF3O2/c1-17-14-28(15-18(2)30-17)23-9-5-7-20-16-27(25(29)24(20)23)13-12-21-11-10-19-6-3-4-8-22(19)26-21;3-2(4,5)1(6)7/h3-11,17-18H,12-16H2,1-2H3;(H,6,7). The Bertz CT molecular complexity index is 1290. The van der Waals surface area contributed by atoms with E-state index in [1.807, 2.05) is 23.1 Å².